The Balaban J connectivity index is -0.0000000438. The molecular formula is C15H33BNO3VW-. The quantitative estimate of drug-likeness (QED) is 0.319. The molecule has 2 unspecified atom stereocenters. The maximum atomic E-state index is 9.59. The Morgan fingerprint density at radius 2 is 1.64 bits per heavy atom. The average Bonchev–Trinajstić information content (AvgIpc) is 2.65. The Kier molecular flexibility index (Phi) is 46.4. The first kappa shape index (κ1) is 38.3. The molecule has 4 nitrogen and oxygen atoms in total. The Labute approximate surface area is 167 Å². The summed E-state index contributed by atoms with van der Waals surface area (Å²) in [6, 6.07) is 0. The zero-order chi connectivity index (χ0) is 14.6. The molecule has 1 fully saturated rings. The average molecular weight is 521 g/mol. The van der Waals surface area contributed by atoms with E-state index in [9.17, 15) is 4.79 Å². The molecule has 1 rings (SSSR count). The van der Waals surface area contributed by atoms with Crippen LogP contribution in [0.1, 0.15) is 26.2 Å². The second-order valence-corrected chi connectivity index (χ2v) is 4.67. The van der Waals surface area contributed by atoms with Gasteiger partial charge in [0.25, 0.3) is 0 Å². The molecule has 7 heteroatoms. The van der Waals surface area contributed by atoms with E-state index in [1.54, 1.807) is 12.0 Å². The summed E-state index contributed by atoms with van der Waals surface area (Å²) >= 11 is 0. The van der Waals surface area contributed by atoms with Crippen LogP contribution in [0.25, 0.3) is 0 Å². The van der Waals surface area contributed by atoms with E-state index in [0.717, 1.165) is 18.9 Å². The predicted molar refractivity (Wildman–Crippen MR) is 88.3 cm³/mol. The van der Waals surface area contributed by atoms with Gasteiger partial charge in [-0.3, -0.25) is 11.8 Å². The molecule has 0 N–H and O–H groups in total. The van der Waals surface area contributed by atoms with Crippen LogP contribution in [0.2, 0.25) is 5.82 Å². The largest absolute Gasteiger partial charge is 2.00 e. The van der Waals surface area contributed by atoms with E-state index in [1.165, 1.54) is 26.9 Å². The normalized spacial score (nSPS) is 17.6. The number of hydrogen-bond acceptors (Lipinski definition) is 4. The van der Waals surface area contributed by atoms with E-state index in [-0.39, 0.29) is 60.4 Å². The molecule has 1 aliphatic rings. The van der Waals surface area contributed by atoms with E-state index < -0.39 is 0 Å². The fourth-order valence-electron chi connectivity index (χ4n) is 1.50. The van der Waals surface area contributed by atoms with Crippen molar-refractivity contribution < 1.29 is 53.9 Å². The molecule has 0 aromatic rings. The van der Waals surface area contributed by atoms with Crippen molar-refractivity contribution in [2.24, 2.45) is 5.92 Å². The Hall–Kier alpha value is 0.728. The summed E-state index contributed by atoms with van der Waals surface area (Å²) in [4.78, 5) is 11.3. The molecule has 0 saturated heterocycles. The number of methoxy groups -OCH3 is 2. The SMILES string of the molecule is COC(C)=O.[B]C1CCC(COC)C1.[CH2-]N(C)C.[CH3-].[CH3-].[V+2].[W]. The van der Waals surface area contributed by atoms with Gasteiger partial charge >= 0.3 is 24.5 Å². The van der Waals surface area contributed by atoms with Crippen molar-refractivity contribution in [1.29, 1.82) is 0 Å². The van der Waals surface area contributed by atoms with E-state index in [2.05, 4.69) is 11.8 Å². The summed E-state index contributed by atoms with van der Waals surface area (Å²) in [5, 5.41) is 0. The van der Waals surface area contributed by atoms with Crippen molar-refractivity contribution in [2.45, 2.75) is 32.0 Å². The fourth-order valence-corrected chi connectivity index (χ4v) is 1.50. The zero-order valence-corrected chi connectivity index (χ0v) is 19.6. The van der Waals surface area contributed by atoms with E-state index >= 15 is 0 Å². The van der Waals surface area contributed by atoms with Crippen LogP contribution in [0.15, 0.2) is 0 Å². The van der Waals surface area contributed by atoms with Crippen LogP contribution in [0, 0.1) is 27.8 Å². The van der Waals surface area contributed by atoms with Gasteiger partial charge in [-0.2, -0.15) is 0 Å². The number of rotatable bonds is 2. The first-order chi connectivity index (χ1) is 8.33. The third kappa shape index (κ3) is 37.2. The minimum absolute atomic E-state index is 0. The van der Waals surface area contributed by atoms with Crippen molar-refractivity contribution in [1.82, 2.24) is 4.90 Å². The van der Waals surface area contributed by atoms with Gasteiger partial charge in [0.1, 0.15) is 0 Å². The van der Waals surface area contributed by atoms with Gasteiger partial charge in [-0.05, 0) is 26.4 Å². The van der Waals surface area contributed by atoms with Crippen molar-refractivity contribution in [3.63, 3.8) is 0 Å². The molecule has 0 aromatic carbocycles. The molecule has 0 spiro atoms. The van der Waals surface area contributed by atoms with Gasteiger partial charge < -0.3 is 29.2 Å². The van der Waals surface area contributed by atoms with Crippen LogP contribution in [0.5, 0.6) is 0 Å². The molecule has 2 atom stereocenters. The number of carbonyl (C=O) groups excluding carboxylic acids is 1. The van der Waals surface area contributed by atoms with Crippen LogP contribution in [-0.2, 0) is 53.9 Å². The number of carbonyl (C=O) groups is 1. The second kappa shape index (κ2) is 26.6. The van der Waals surface area contributed by atoms with Gasteiger partial charge in [0, 0.05) is 41.7 Å². The third-order valence-electron chi connectivity index (χ3n) is 2.27. The van der Waals surface area contributed by atoms with Crippen LogP contribution in [-0.4, -0.2) is 53.6 Å². The molecule has 1 aliphatic carbocycles. The molecule has 3 radical (unpaired) electrons. The standard InChI is InChI=1S/C7H13BO.C3H8N.C3H6O2.2CH3.V.W/c1-9-5-6-2-3-7(8)4-6;1-4(2)3;1-3(4)5-2;;;;/h6-7H,2-5H2,1H3;1H2,2-3H3;1-2H3;2*1H3;;/q;-1;;2*-1;+2;. The van der Waals surface area contributed by atoms with Gasteiger partial charge in [-0.15, -0.1) is 0 Å². The minimum Gasteiger partial charge on any atom is -0.469 e. The van der Waals surface area contributed by atoms with Gasteiger partial charge in [-0.1, -0.05) is 18.7 Å². The first-order valence-electron chi connectivity index (χ1n) is 6.10. The molecular weight excluding hydrogens is 488 g/mol. The van der Waals surface area contributed by atoms with Crippen molar-refractivity contribution in [3.05, 3.63) is 21.9 Å². The van der Waals surface area contributed by atoms with E-state index in [0.29, 0.717) is 5.82 Å². The van der Waals surface area contributed by atoms with Crippen LogP contribution >= 0.6 is 0 Å². The van der Waals surface area contributed by atoms with Crippen molar-refractivity contribution in [3.8, 4) is 0 Å². The maximum Gasteiger partial charge on any atom is 2.00 e. The second-order valence-electron chi connectivity index (χ2n) is 4.67. The van der Waals surface area contributed by atoms with E-state index in [4.69, 9.17) is 12.6 Å². The maximum absolute atomic E-state index is 9.59. The molecule has 0 aromatic heterocycles. The summed E-state index contributed by atoms with van der Waals surface area (Å²) in [5.74, 6) is 0.945. The molecule has 0 aliphatic heterocycles. The molecule has 1 saturated carbocycles. The Morgan fingerprint density at radius 3 is 1.82 bits per heavy atom. The zero-order valence-electron chi connectivity index (χ0n) is 15.3. The Morgan fingerprint density at radius 1 is 1.27 bits per heavy atom. The molecule has 0 amide bonds. The molecule has 0 bridgehead atoms. The Bertz CT molecular complexity index is 208. The van der Waals surface area contributed by atoms with Gasteiger partial charge in [0.05, 0.1) is 15.0 Å². The topological polar surface area (TPSA) is 38.8 Å². The van der Waals surface area contributed by atoms with Crippen LogP contribution in [0.4, 0.5) is 0 Å². The molecule has 131 valence electrons. The number of hydrogen-bond donors (Lipinski definition) is 0. The van der Waals surface area contributed by atoms with E-state index in [1.807, 2.05) is 14.1 Å². The number of esters is 1. The predicted octanol–water partition coefficient (Wildman–Crippen LogP) is 2.80. The monoisotopic (exact) mass is 521 g/mol. The fraction of sp³-hybridized carbons (Fsp3) is 0.733. The van der Waals surface area contributed by atoms with Crippen LogP contribution in [0.3, 0.4) is 0 Å². The summed E-state index contributed by atoms with van der Waals surface area (Å²) in [7, 11) is 16.1. The van der Waals surface area contributed by atoms with Gasteiger partial charge in [-0.25, -0.2) is 0 Å². The number of ether oxygens (including phenoxy) is 2. The summed E-state index contributed by atoms with van der Waals surface area (Å²) in [5.41, 5.74) is 0. The van der Waals surface area contributed by atoms with Gasteiger partial charge in [0.2, 0.25) is 0 Å². The van der Waals surface area contributed by atoms with Crippen LogP contribution < -0.4 is 0 Å². The summed E-state index contributed by atoms with van der Waals surface area (Å²) in [6.07, 6.45) is 3.61. The molecule has 22 heavy (non-hydrogen) atoms. The summed E-state index contributed by atoms with van der Waals surface area (Å²) in [6.45, 7) is 2.26. The third-order valence-corrected chi connectivity index (χ3v) is 2.27. The van der Waals surface area contributed by atoms with Gasteiger partial charge in [0.15, 0.2) is 0 Å². The van der Waals surface area contributed by atoms with Crippen molar-refractivity contribution in [2.75, 3.05) is 34.9 Å². The minimum atomic E-state index is -0.245. The smallest absolute Gasteiger partial charge is 0.469 e. The molecule has 0 heterocycles. The summed E-state index contributed by atoms with van der Waals surface area (Å²) < 4.78 is 9.13. The number of nitrogens with zero attached hydrogens (tertiary/aromatic N) is 1. The first-order valence-corrected chi connectivity index (χ1v) is 6.10. The van der Waals surface area contributed by atoms with Crippen molar-refractivity contribution >= 4 is 13.8 Å².